The molecule has 0 aromatic carbocycles. The number of fused-ring (bicyclic) bond motifs is 1. The zero-order valence-electron chi connectivity index (χ0n) is 11.2. The van der Waals surface area contributed by atoms with E-state index < -0.39 is 0 Å². The first-order valence-corrected chi connectivity index (χ1v) is 7.74. The summed E-state index contributed by atoms with van der Waals surface area (Å²) < 4.78 is 0. The summed E-state index contributed by atoms with van der Waals surface area (Å²) in [5.41, 5.74) is 3.20. The molecule has 1 N–H and O–H groups in total. The third-order valence-corrected chi connectivity index (χ3v) is 6.03. The number of H-pyrrole nitrogens is 1. The molecule has 2 aromatic heterocycles. The molecule has 0 saturated heterocycles. The van der Waals surface area contributed by atoms with Crippen LogP contribution in [0.1, 0.15) is 44.2 Å². The molecule has 4 bridgehead atoms. The van der Waals surface area contributed by atoms with E-state index in [0.717, 1.165) is 17.8 Å². The topological polar surface area (TPSA) is 28.7 Å². The second-order valence-corrected chi connectivity index (χ2v) is 7.34. The number of hydrogen-bond donors (Lipinski definition) is 1. The molecule has 2 heterocycles. The summed E-state index contributed by atoms with van der Waals surface area (Å²) in [6, 6.07) is 4.54. The largest absolute Gasteiger partial charge is 0.357 e. The van der Waals surface area contributed by atoms with Crippen LogP contribution in [0.2, 0.25) is 0 Å². The molecule has 0 atom stereocenters. The van der Waals surface area contributed by atoms with Crippen molar-refractivity contribution in [2.24, 2.45) is 17.8 Å². The normalized spacial score (nSPS) is 40.1. The Morgan fingerprint density at radius 1 is 1.05 bits per heavy atom. The smallest absolute Gasteiger partial charge is 0.0642 e. The van der Waals surface area contributed by atoms with Crippen LogP contribution in [-0.4, -0.2) is 9.97 Å². The van der Waals surface area contributed by atoms with Crippen LogP contribution < -0.4 is 0 Å². The zero-order valence-corrected chi connectivity index (χ0v) is 11.2. The Balaban J connectivity index is 1.64. The van der Waals surface area contributed by atoms with Gasteiger partial charge in [0.05, 0.1) is 11.7 Å². The van der Waals surface area contributed by atoms with Crippen molar-refractivity contribution in [3.63, 3.8) is 0 Å². The second-order valence-electron chi connectivity index (χ2n) is 7.34. The molecule has 0 amide bonds. The van der Waals surface area contributed by atoms with Gasteiger partial charge in [-0.2, -0.15) is 0 Å². The van der Waals surface area contributed by atoms with E-state index in [4.69, 9.17) is 0 Å². The number of aromatic nitrogens is 2. The van der Waals surface area contributed by atoms with Gasteiger partial charge in [0, 0.05) is 22.7 Å². The second kappa shape index (κ2) is 3.41. The van der Waals surface area contributed by atoms with Crippen LogP contribution in [0.15, 0.2) is 24.5 Å². The summed E-state index contributed by atoms with van der Waals surface area (Å²) in [6.07, 6.45) is 12.7. The monoisotopic (exact) mass is 252 g/mol. The first-order chi connectivity index (χ1) is 9.31. The number of pyridine rings is 1. The predicted molar refractivity (Wildman–Crippen MR) is 75.9 cm³/mol. The highest BCUT2D eigenvalue weighted by Gasteiger charge is 2.52. The van der Waals surface area contributed by atoms with Crippen LogP contribution in [-0.2, 0) is 5.41 Å². The van der Waals surface area contributed by atoms with Crippen LogP contribution in [0, 0.1) is 17.8 Å². The van der Waals surface area contributed by atoms with Gasteiger partial charge in [0.2, 0.25) is 0 Å². The molecule has 4 aliphatic carbocycles. The highest BCUT2D eigenvalue weighted by molar-refractivity contribution is 5.79. The van der Waals surface area contributed by atoms with Crippen molar-refractivity contribution in [3.8, 4) is 0 Å². The van der Waals surface area contributed by atoms with Gasteiger partial charge in [-0.05, 0) is 68.4 Å². The van der Waals surface area contributed by atoms with Crippen molar-refractivity contribution in [3.05, 3.63) is 30.2 Å². The van der Waals surface area contributed by atoms with Gasteiger partial charge in [-0.1, -0.05) is 0 Å². The van der Waals surface area contributed by atoms with Crippen molar-refractivity contribution >= 4 is 10.9 Å². The molecule has 2 heteroatoms. The molecule has 4 aliphatic rings. The molecule has 0 aliphatic heterocycles. The average molecular weight is 252 g/mol. The van der Waals surface area contributed by atoms with Gasteiger partial charge in [-0.15, -0.1) is 0 Å². The third kappa shape index (κ3) is 1.40. The summed E-state index contributed by atoms with van der Waals surface area (Å²) in [6.45, 7) is 0. The molecule has 19 heavy (non-hydrogen) atoms. The maximum Gasteiger partial charge on any atom is 0.0642 e. The molecule has 4 fully saturated rings. The fraction of sp³-hybridized carbons (Fsp3) is 0.588. The zero-order chi connectivity index (χ0) is 12.4. The van der Waals surface area contributed by atoms with Gasteiger partial charge in [0.15, 0.2) is 0 Å². The Bertz CT molecular complexity index is 571. The molecule has 6 rings (SSSR count). The first kappa shape index (κ1) is 10.5. The molecule has 98 valence electrons. The lowest BCUT2D eigenvalue weighted by Gasteiger charge is -2.56. The van der Waals surface area contributed by atoms with E-state index in [1.165, 1.54) is 55.1 Å². The fourth-order valence-corrected chi connectivity index (χ4v) is 5.70. The van der Waals surface area contributed by atoms with Crippen molar-refractivity contribution in [2.75, 3.05) is 0 Å². The Hall–Kier alpha value is -1.31. The molecule has 2 aromatic rings. The fourth-order valence-electron chi connectivity index (χ4n) is 5.70. The molecule has 0 unspecified atom stereocenters. The first-order valence-electron chi connectivity index (χ1n) is 7.74. The maximum atomic E-state index is 4.24. The van der Waals surface area contributed by atoms with E-state index in [1.807, 2.05) is 12.4 Å². The number of hydrogen-bond acceptors (Lipinski definition) is 1. The molecular formula is C17H20N2. The van der Waals surface area contributed by atoms with Crippen LogP contribution in [0.4, 0.5) is 0 Å². The van der Waals surface area contributed by atoms with Crippen molar-refractivity contribution in [1.29, 1.82) is 0 Å². The van der Waals surface area contributed by atoms with Crippen LogP contribution in [0.5, 0.6) is 0 Å². The lowest BCUT2D eigenvalue weighted by atomic mass is 9.49. The van der Waals surface area contributed by atoms with E-state index in [9.17, 15) is 0 Å². The number of nitrogens with one attached hydrogen (secondary N) is 1. The Labute approximate surface area is 113 Å². The quantitative estimate of drug-likeness (QED) is 0.815. The third-order valence-electron chi connectivity index (χ3n) is 6.03. The standard InChI is InChI=1S/C17H20N2/c1-2-18-10-15-14(1)6-16(19-15)17-7-11-3-12(8-17)5-13(4-11)9-17/h1-2,6,10-13,19H,3-5,7-9H2. The van der Waals surface area contributed by atoms with E-state index in [0.29, 0.717) is 5.41 Å². The highest BCUT2D eigenvalue weighted by Crippen LogP contribution is 2.60. The number of aromatic amines is 1. The van der Waals surface area contributed by atoms with Crippen LogP contribution in [0.3, 0.4) is 0 Å². The van der Waals surface area contributed by atoms with Gasteiger partial charge in [-0.3, -0.25) is 4.98 Å². The van der Waals surface area contributed by atoms with Crippen molar-refractivity contribution in [2.45, 2.75) is 43.9 Å². The Morgan fingerprint density at radius 3 is 2.37 bits per heavy atom. The van der Waals surface area contributed by atoms with Gasteiger partial charge in [-0.25, -0.2) is 0 Å². The molecule has 2 nitrogen and oxygen atoms in total. The van der Waals surface area contributed by atoms with Gasteiger partial charge in [0.25, 0.3) is 0 Å². The van der Waals surface area contributed by atoms with E-state index in [-0.39, 0.29) is 0 Å². The van der Waals surface area contributed by atoms with Gasteiger partial charge >= 0.3 is 0 Å². The van der Waals surface area contributed by atoms with Crippen molar-refractivity contribution in [1.82, 2.24) is 9.97 Å². The minimum atomic E-state index is 0.480. The number of nitrogens with zero attached hydrogens (tertiary/aromatic N) is 1. The van der Waals surface area contributed by atoms with Gasteiger partial charge in [0.1, 0.15) is 0 Å². The SMILES string of the molecule is c1cc2cc(C34CC5CC(CC(C5)C3)C4)[nH]c2cn1. The van der Waals surface area contributed by atoms with E-state index >= 15 is 0 Å². The van der Waals surface area contributed by atoms with Crippen LogP contribution >= 0.6 is 0 Å². The lowest BCUT2D eigenvalue weighted by molar-refractivity contribution is -0.00686. The molecule has 0 spiro atoms. The van der Waals surface area contributed by atoms with Crippen LogP contribution in [0.25, 0.3) is 10.9 Å². The molecule has 4 saturated carbocycles. The van der Waals surface area contributed by atoms with E-state index in [1.54, 1.807) is 0 Å². The summed E-state index contributed by atoms with van der Waals surface area (Å²) in [7, 11) is 0. The summed E-state index contributed by atoms with van der Waals surface area (Å²) in [5, 5.41) is 1.33. The maximum absolute atomic E-state index is 4.24. The molecule has 0 radical (unpaired) electrons. The minimum absolute atomic E-state index is 0.480. The van der Waals surface area contributed by atoms with Crippen molar-refractivity contribution < 1.29 is 0 Å². The minimum Gasteiger partial charge on any atom is -0.357 e. The summed E-state index contributed by atoms with van der Waals surface area (Å²) >= 11 is 0. The molecular weight excluding hydrogens is 232 g/mol. The summed E-state index contributed by atoms with van der Waals surface area (Å²) in [5.74, 6) is 3.03. The predicted octanol–water partition coefficient (Wildman–Crippen LogP) is 4.03. The van der Waals surface area contributed by atoms with Gasteiger partial charge < -0.3 is 4.98 Å². The Kier molecular flexibility index (Phi) is 1.88. The highest BCUT2D eigenvalue weighted by atomic mass is 14.8. The summed E-state index contributed by atoms with van der Waals surface area (Å²) in [4.78, 5) is 7.93. The average Bonchev–Trinajstić information content (AvgIpc) is 2.81. The Morgan fingerprint density at radius 2 is 1.74 bits per heavy atom. The number of rotatable bonds is 1. The van der Waals surface area contributed by atoms with E-state index in [2.05, 4.69) is 22.1 Å². The lowest BCUT2D eigenvalue weighted by Crippen LogP contribution is -2.48.